The van der Waals surface area contributed by atoms with Gasteiger partial charge in [0.2, 0.25) is 5.91 Å². The Kier molecular flexibility index (Phi) is 3.19. The number of rotatable bonds is 1. The standard InChI is InChI=1S/C9H16ClNO2/c1-7(10)8(12)11-5-3-4-9(2,13)6-11/h7,13H,3-6H2,1-2H3. The Morgan fingerprint density at radius 3 is 2.77 bits per heavy atom. The molecule has 4 heteroatoms. The fourth-order valence-electron chi connectivity index (χ4n) is 1.66. The van der Waals surface area contributed by atoms with Gasteiger partial charge in [-0.05, 0) is 26.7 Å². The Balaban J connectivity index is 2.57. The van der Waals surface area contributed by atoms with Crippen molar-refractivity contribution >= 4 is 17.5 Å². The van der Waals surface area contributed by atoms with Gasteiger partial charge in [-0.2, -0.15) is 0 Å². The van der Waals surface area contributed by atoms with Crippen molar-refractivity contribution in [2.24, 2.45) is 0 Å². The number of β-amino-alcohol motifs (C(OH)–C–C–N with tert-alkyl or cyclic N) is 1. The summed E-state index contributed by atoms with van der Waals surface area (Å²) >= 11 is 5.68. The molecule has 76 valence electrons. The van der Waals surface area contributed by atoms with E-state index in [2.05, 4.69) is 0 Å². The van der Waals surface area contributed by atoms with Crippen LogP contribution in [0.15, 0.2) is 0 Å². The monoisotopic (exact) mass is 205 g/mol. The topological polar surface area (TPSA) is 40.5 Å². The van der Waals surface area contributed by atoms with Crippen LogP contribution in [0.4, 0.5) is 0 Å². The van der Waals surface area contributed by atoms with Gasteiger partial charge in [0.25, 0.3) is 0 Å². The van der Waals surface area contributed by atoms with Crippen LogP contribution in [0.3, 0.4) is 0 Å². The summed E-state index contributed by atoms with van der Waals surface area (Å²) in [7, 11) is 0. The first-order valence-electron chi connectivity index (χ1n) is 4.58. The highest BCUT2D eigenvalue weighted by Crippen LogP contribution is 2.21. The minimum Gasteiger partial charge on any atom is -0.388 e. The molecule has 0 aliphatic carbocycles. The maximum atomic E-state index is 11.5. The molecule has 1 N–H and O–H groups in total. The van der Waals surface area contributed by atoms with Crippen LogP contribution in [0.5, 0.6) is 0 Å². The van der Waals surface area contributed by atoms with Crippen LogP contribution < -0.4 is 0 Å². The third-order valence-corrected chi connectivity index (χ3v) is 2.51. The highest BCUT2D eigenvalue weighted by Gasteiger charge is 2.31. The minimum atomic E-state index is -0.736. The van der Waals surface area contributed by atoms with Gasteiger partial charge in [0.15, 0.2) is 0 Å². The van der Waals surface area contributed by atoms with Crippen molar-refractivity contribution in [2.45, 2.75) is 37.7 Å². The second-order valence-corrected chi connectivity index (χ2v) is 4.63. The smallest absolute Gasteiger partial charge is 0.240 e. The van der Waals surface area contributed by atoms with E-state index >= 15 is 0 Å². The highest BCUT2D eigenvalue weighted by atomic mass is 35.5. The predicted octanol–water partition coefficient (Wildman–Crippen LogP) is 0.987. The Morgan fingerprint density at radius 2 is 2.31 bits per heavy atom. The quantitative estimate of drug-likeness (QED) is 0.649. The van der Waals surface area contributed by atoms with E-state index in [9.17, 15) is 9.90 Å². The number of piperidine rings is 1. The van der Waals surface area contributed by atoms with Crippen LogP contribution in [-0.4, -0.2) is 40.0 Å². The van der Waals surface area contributed by atoms with Crippen LogP contribution in [-0.2, 0) is 4.79 Å². The average Bonchev–Trinajstić information content (AvgIpc) is 2.01. The van der Waals surface area contributed by atoms with E-state index in [0.717, 1.165) is 12.8 Å². The third kappa shape index (κ3) is 2.85. The molecule has 0 radical (unpaired) electrons. The third-order valence-electron chi connectivity index (χ3n) is 2.33. The number of carbonyl (C=O) groups excluding carboxylic acids is 1. The first kappa shape index (κ1) is 10.8. The molecule has 1 heterocycles. The fourth-order valence-corrected chi connectivity index (χ4v) is 1.80. The zero-order valence-electron chi connectivity index (χ0n) is 8.09. The number of carbonyl (C=O) groups is 1. The molecule has 1 aliphatic rings. The summed E-state index contributed by atoms with van der Waals surface area (Å²) in [4.78, 5) is 13.1. The molecule has 0 bridgehead atoms. The van der Waals surface area contributed by atoms with Gasteiger partial charge in [-0.1, -0.05) is 0 Å². The van der Waals surface area contributed by atoms with Gasteiger partial charge in [-0.3, -0.25) is 4.79 Å². The summed E-state index contributed by atoms with van der Waals surface area (Å²) in [5, 5.41) is 9.25. The van der Waals surface area contributed by atoms with Crippen LogP contribution in [0, 0.1) is 0 Å². The van der Waals surface area contributed by atoms with E-state index in [1.54, 1.807) is 18.7 Å². The van der Waals surface area contributed by atoms with Crippen LogP contribution in [0.2, 0.25) is 0 Å². The van der Waals surface area contributed by atoms with Gasteiger partial charge in [0.1, 0.15) is 5.38 Å². The lowest BCUT2D eigenvalue weighted by Crippen LogP contribution is -2.50. The molecular weight excluding hydrogens is 190 g/mol. The average molecular weight is 206 g/mol. The van der Waals surface area contributed by atoms with Crippen molar-refractivity contribution in [2.75, 3.05) is 13.1 Å². The summed E-state index contributed by atoms with van der Waals surface area (Å²) in [6.45, 7) is 4.54. The molecule has 1 amide bonds. The largest absolute Gasteiger partial charge is 0.388 e. The van der Waals surface area contributed by atoms with Crippen molar-refractivity contribution in [3.8, 4) is 0 Å². The lowest BCUT2D eigenvalue weighted by atomic mass is 9.95. The molecule has 0 saturated carbocycles. The molecule has 0 aromatic carbocycles. The van der Waals surface area contributed by atoms with Crippen molar-refractivity contribution < 1.29 is 9.90 Å². The van der Waals surface area contributed by atoms with Crippen molar-refractivity contribution in [3.05, 3.63) is 0 Å². The van der Waals surface area contributed by atoms with Crippen LogP contribution in [0.25, 0.3) is 0 Å². The van der Waals surface area contributed by atoms with Gasteiger partial charge >= 0.3 is 0 Å². The summed E-state index contributed by atoms with van der Waals surface area (Å²) in [6, 6.07) is 0. The molecule has 0 aromatic rings. The number of nitrogens with zero attached hydrogens (tertiary/aromatic N) is 1. The predicted molar refractivity (Wildman–Crippen MR) is 51.8 cm³/mol. The Labute approximate surface area is 83.7 Å². The van der Waals surface area contributed by atoms with Crippen molar-refractivity contribution in [3.63, 3.8) is 0 Å². The Morgan fingerprint density at radius 1 is 1.69 bits per heavy atom. The van der Waals surface area contributed by atoms with E-state index in [1.807, 2.05) is 0 Å². The molecule has 2 unspecified atom stereocenters. The highest BCUT2D eigenvalue weighted by molar-refractivity contribution is 6.30. The molecule has 1 rings (SSSR count). The number of aliphatic hydroxyl groups is 1. The number of hydrogen-bond donors (Lipinski definition) is 1. The molecule has 3 nitrogen and oxygen atoms in total. The van der Waals surface area contributed by atoms with E-state index in [-0.39, 0.29) is 5.91 Å². The first-order chi connectivity index (χ1) is 5.92. The first-order valence-corrected chi connectivity index (χ1v) is 5.01. The molecule has 1 saturated heterocycles. The molecule has 0 spiro atoms. The van der Waals surface area contributed by atoms with E-state index < -0.39 is 11.0 Å². The second-order valence-electron chi connectivity index (χ2n) is 3.98. The Hall–Kier alpha value is -0.280. The maximum Gasteiger partial charge on any atom is 0.240 e. The molecule has 0 aromatic heterocycles. The number of amides is 1. The van der Waals surface area contributed by atoms with E-state index in [4.69, 9.17) is 11.6 Å². The second kappa shape index (κ2) is 3.84. The molecule has 2 atom stereocenters. The van der Waals surface area contributed by atoms with Gasteiger partial charge in [-0.25, -0.2) is 0 Å². The van der Waals surface area contributed by atoms with Gasteiger partial charge in [0.05, 0.1) is 5.60 Å². The van der Waals surface area contributed by atoms with Crippen molar-refractivity contribution in [1.82, 2.24) is 4.90 Å². The number of hydrogen-bond acceptors (Lipinski definition) is 2. The maximum absolute atomic E-state index is 11.5. The summed E-state index contributed by atoms with van der Waals surface area (Å²) in [6.07, 6.45) is 1.61. The molecular formula is C9H16ClNO2. The van der Waals surface area contributed by atoms with Gasteiger partial charge in [-0.15, -0.1) is 11.6 Å². The minimum absolute atomic E-state index is 0.0818. The molecule has 1 aliphatic heterocycles. The number of alkyl halides is 1. The van der Waals surface area contributed by atoms with Gasteiger partial charge < -0.3 is 10.0 Å². The zero-order chi connectivity index (χ0) is 10.1. The summed E-state index contributed by atoms with van der Waals surface area (Å²) < 4.78 is 0. The SMILES string of the molecule is CC(Cl)C(=O)N1CCCC(C)(O)C1. The normalized spacial score (nSPS) is 31.5. The molecule has 1 fully saturated rings. The van der Waals surface area contributed by atoms with Crippen LogP contribution >= 0.6 is 11.6 Å². The lowest BCUT2D eigenvalue weighted by molar-refractivity contribution is -0.136. The van der Waals surface area contributed by atoms with Crippen molar-refractivity contribution in [1.29, 1.82) is 0 Å². The Bertz CT molecular complexity index is 204. The van der Waals surface area contributed by atoms with E-state index in [0.29, 0.717) is 13.1 Å². The van der Waals surface area contributed by atoms with Crippen LogP contribution in [0.1, 0.15) is 26.7 Å². The molecule has 13 heavy (non-hydrogen) atoms. The van der Waals surface area contributed by atoms with Gasteiger partial charge in [0, 0.05) is 13.1 Å². The lowest BCUT2D eigenvalue weighted by Gasteiger charge is -2.37. The summed E-state index contributed by atoms with van der Waals surface area (Å²) in [5.41, 5.74) is -0.736. The number of likely N-dealkylation sites (tertiary alicyclic amines) is 1. The zero-order valence-corrected chi connectivity index (χ0v) is 8.84. The summed E-state index contributed by atoms with van der Waals surface area (Å²) in [5.74, 6) is -0.0818. The van der Waals surface area contributed by atoms with E-state index in [1.165, 1.54) is 0 Å². The number of halogens is 1. The fraction of sp³-hybridized carbons (Fsp3) is 0.889.